The van der Waals surface area contributed by atoms with E-state index in [2.05, 4.69) is 20.8 Å². The molecule has 0 bridgehead atoms. The highest BCUT2D eigenvalue weighted by Gasteiger charge is 2.28. The number of rotatable bonds is 8. The molecule has 2 amide bonds. The average molecular weight is 491 g/mol. The van der Waals surface area contributed by atoms with E-state index >= 15 is 0 Å². The van der Waals surface area contributed by atoms with Crippen molar-refractivity contribution >= 4 is 23.2 Å². The number of carbonyl (C=O) groups is 2. The number of nitrogens with one attached hydrogen (secondary N) is 3. The molecule has 1 aliphatic heterocycles. The lowest BCUT2D eigenvalue weighted by molar-refractivity contribution is -0.131. The highest BCUT2D eigenvalue weighted by atomic mass is 16.5. The molecule has 1 fully saturated rings. The number of anilines is 1. The standard InChI is InChI=1S/C26H30N6O4/c1-16(27)19-9-8-18(14-21(19)28-2)24-30-26(36-31-24)17-10-12-32(13-11-17)23(33)15-29-25(34)20-6-4-5-7-22(20)35-3/h4-9,14,17,27-28H,10-13,15H2,1-3H3,(H,29,34). The van der Waals surface area contributed by atoms with E-state index < -0.39 is 0 Å². The zero-order valence-electron chi connectivity index (χ0n) is 20.6. The maximum atomic E-state index is 12.7. The van der Waals surface area contributed by atoms with Gasteiger partial charge in [-0.05, 0) is 38.0 Å². The minimum atomic E-state index is -0.348. The Hall–Kier alpha value is -4.21. The van der Waals surface area contributed by atoms with Gasteiger partial charge < -0.3 is 30.2 Å². The van der Waals surface area contributed by atoms with Crippen LogP contribution >= 0.6 is 0 Å². The van der Waals surface area contributed by atoms with Crippen molar-refractivity contribution in [3.8, 4) is 17.1 Å². The molecular weight excluding hydrogens is 460 g/mol. The summed E-state index contributed by atoms with van der Waals surface area (Å²) >= 11 is 0. The summed E-state index contributed by atoms with van der Waals surface area (Å²) in [7, 11) is 3.31. The van der Waals surface area contributed by atoms with Gasteiger partial charge in [0.25, 0.3) is 5.91 Å². The first-order valence-corrected chi connectivity index (χ1v) is 11.8. The number of methoxy groups -OCH3 is 1. The molecule has 1 saturated heterocycles. The van der Waals surface area contributed by atoms with Gasteiger partial charge in [-0.15, -0.1) is 0 Å². The molecule has 2 aromatic carbocycles. The maximum absolute atomic E-state index is 12.7. The van der Waals surface area contributed by atoms with Crippen LogP contribution in [0.25, 0.3) is 11.4 Å². The second kappa shape index (κ2) is 11.0. The van der Waals surface area contributed by atoms with Crippen molar-refractivity contribution in [1.29, 1.82) is 5.41 Å². The highest BCUT2D eigenvalue weighted by Crippen LogP contribution is 2.30. The predicted molar refractivity (Wildman–Crippen MR) is 136 cm³/mol. The van der Waals surface area contributed by atoms with Crippen molar-refractivity contribution in [3.63, 3.8) is 0 Å². The van der Waals surface area contributed by atoms with Crippen molar-refractivity contribution in [2.24, 2.45) is 0 Å². The molecule has 2 heterocycles. The van der Waals surface area contributed by atoms with Gasteiger partial charge in [0.05, 0.1) is 19.2 Å². The van der Waals surface area contributed by atoms with Gasteiger partial charge in [0.15, 0.2) is 0 Å². The summed E-state index contributed by atoms with van der Waals surface area (Å²) in [5.74, 6) is 1.09. The number of ether oxygens (including phenoxy) is 1. The first-order chi connectivity index (χ1) is 17.4. The number of hydrogen-bond donors (Lipinski definition) is 3. The number of aromatic nitrogens is 2. The summed E-state index contributed by atoms with van der Waals surface area (Å²) in [4.78, 5) is 31.5. The highest BCUT2D eigenvalue weighted by molar-refractivity contribution is 6.02. The van der Waals surface area contributed by atoms with Gasteiger partial charge >= 0.3 is 0 Å². The van der Waals surface area contributed by atoms with Crippen LogP contribution < -0.4 is 15.4 Å². The molecule has 10 heteroatoms. The van der Waals surface area contributed by atoms with E-state index in [0.717, 1.165) is 16.8 Å². The van der Waals surface area contributed by atoms with Crippen molar-refractivity contribution < 1.29 is 18.8 Å². The fourth-order valence-electron chi connectivity index (χ4n) is 4.31. The second-order valence-electron chi connectivity index (χ2n) is 8.63. The summed E-state index contributed by atoms with van der Waals surface area (Å²) in [6.45, 7) is 2.75. The summed E-state index contributed by atoms with van der Waals surface area (Å²) in [6, 6.07) is 12.6. The van der Waals surface area contributed by atoms with E-state index in [1.165, 1.54) is 7.11 Å². The summed E-state index contributed by atoms with van der Waals surface area (Å²) in [5.41, 5.74) is 3.32. The number of nitrogens with zero attached hydrogens (tertiary/aromatic N) is 3. The number of para-hydroxylation sites is 1. The van der Waals surface area contributed by atoms with Crippen LogP contribution in [0.4, 0.5) is 5.69 Å². The number of amides is 2. The van der Waals surface area contributed by atoms with Crippen LogP contribution in [0.5, 0.6) is 5.75 Å². The monoisotopic (exact) mass is 490 g/mol. The Morgan fingerprint density at radius 3 is 2.61 bits per heavy atom. The van der Waals surface area contributed by atoms with Crippen LogP contribution in [0.3, 0.4) is 0 Å². The lowest BCUT2D eigenvalue weighted by Gasteiger charge is -2.30. The van der Waals surface area contributed by atoms with Crippen LogP contribution in [-0.4, -0.2) is 66.4 Å². The molecule has 36 heavy (non-hydrogen) atoms. The van der Waals surface area contributed by atoms with Gasteiger partial charge in [-0.1, -0.05) is 29.4 Å². The largest absolute Gasteiger partial charge is 0.496 e. The van der Waals surface area contributed by atoms with Crippen LogP contribution in [0.1, 0.15) is 47.5 Å². The van der Waals surface area contributed by atoms with Crippen LogP contribution in [0.2, 0.25) is 0 Å². The van der Waals surface area contributed by atoms with Gasteiger partial charge in [0.2, 0.25) is 17.6 Å². The molecule has 3 N–H and O–H groups in total. The Labute approximate surface area is 209 Å². The van der Waals surface area contributed by atoms with Gasteiger partial charge in [-0.3, -0.25) is 9.59 Å². The molecule has 0 radical (unpaired) electrons. The van der Waals surface area contributed by atoms with Crippen LogP contribution in [0.15, 0.2) is 47.0 Å². The normalized spacial score (nSPS) is 13.8. The van der Waals surface area contributed by atoms with Crippen LogP contribution in [-0.2, 0) is 4.79 Å². The molecule has 0 atom stereocenters. The first-order valence-electron chi connectivity index (χ1n) is 11.8. The number of benzene rings is 2. The summed E-state index contributed by atoms with van der Waals surface area (Å²) in [5, 5.41) is 17.8. The number of hydrogen-bond acceptors (Lipinski definition) is 8. The Morgan fingerprint density at radius 2 is 1.92 bits per heavy atom. The van der Waals surface area contributed by atoms with Gasteiger partial charge in [0, 0.05) is 48.6 Å². The first kappa shape index (κ1) is 24.9. The number of likely N-dealkylation sites (tertiary alicyclic amines) is 1. The van der Waals surface area contributed by atoms with Crippen molar-refractivity contribution in [3.05, 3.63) is 59.5 Å². The van der Waals surface area contributed by atoms with Crippen molar-refractivity contribution in [1.82, 2.24) is 20.4 Å². The van der Waals surface area contributed by atoms with Gasteiger partial charge in [0.1, 0.15) is 5.75 Å². The number of carbonyl (C=O) groups excluding carboxylic acids is 2. The fourth-order valence-corrected chi connectivity index (χ4v) is 4.31. The van der Waals surface area contributed by atoms with E-state index in [0.29, 0.717) is 54.7 Å². The van der Waals surface area contributed by atoms with E-state index in [9.17, 15) is 9.59 Å². The topological polar surface area (TPSA) is 133 Å². The molecule has 0 saturated carbocycles. The quantitative estimate of drug-likeness (QED) is 0.413. The predicted octanol–water partition coefficient (Wildman–Crippen LogP) is 3.31. The third kappa shape index (κ3) is 5.37. The van der Waals surface area contributed by atoms with E-state index in [1.54, 1.807) is 36.1 Å². The molecule has 4 rings (SSSR count). The van der Waals surface area contributed by atoms with Crippen LogP contribution in [0, 0.1) is 5.41 Å². The van der Waals surface area contributed by atoms with Crippen molar-refractivity contribution in [2.45, 2.75) is 25.7 Å². The molecule has 0 aliphatic carbocycles. The third-order valence-corrected chi connectivity index (χ3v) is 6.34. The zero-order chi connectivity index (χ0) is 25.7. The fraction of sp³-hybridized carbons (Fsp3) is 0.346. The van der Waals surface area contributed by atoms with E-state index in [-0.39, 0.29) is 24.3 Å². The smallest absolute Gasteiger partial charge is 0.255 e. The Morgan fingerprint density at radius 1 is 1.17 bits per heavy atom. The molecule has 1 aromatic heterocycles. The lowest BCUT2D eigenvalue weighted by atomic mass is 9.96. The molecule has 0 spiro atoms. The Balaban J connectivity index is 1.32. The Bertz CT molecular complexity index is 1260. The number of piperidine rings is 1. The lowest BCUT2D eigenvalue weighted by Crippen LogP contribution is -2.43. The zero-order valence-corrected chi connectivity index (χ0v) is 20.6. The summed E-state index contributed by atoms with van der Waals surface area (Å²) in [6.07, 6.45) is 1.39. The van der Waals surface area contributed by atoms with Gasteiger partial charge in [-0.25, -0.2) is 0 Å². The molecule has 3 aromatic rings. The average Bonchev–Trinajstić information content (AvgIpc) is 3.41. The SMILES string of the molecule is CNc1cc(-c2noc(C3CCN(C(=O)CNC(=O)c4ccccc4OC)CC3)n2)ccc1C(C)=N. The minimum absolute atomic E-state index is 0.0605. The van der Waals surface area contributed by atoms with E-state index in [1.807, 2.05) is 25.2 Å². The third-order valence-electron chi connectivity index (χ3n) is 6.34. The molecule has 0 unspecified atom stereocenters. The molecule has 1 aliphatic rings. The van der Waals surface area contributed by atoms with Crippen molar-refractivity contribution in [2.75, 3.05) is 39.1 Å². The molecular formula is C26H30N6O4. The van der Waals surface area contributed by atoms with E-state index in [4.69, 9.17) is 14.7 Å². The molecule has 188 valence electrons. The second-order valence-corrected chi connectivity index (χ2v) is 8.63. The minimum Gasteiger partial charge on any atom is -0.496 e. The van der Waals surface area contributed by atoms with Gasteiger partial charge in [-0.2, -0.15) is 4.98 Å². The Kier molecular flexibility index (Phi) is 7.62. The summed E-state index contributed by atoms with van der Waals surface area (Å²) < 4.78 is 10.8. The molecule has 10 nitrogen and oxygen atoms in total. The maximum Gasteiger partial charge on any atom is 0.255 e.